The average molecular weight is 454 g/mol. The number of anilines is 1. The van der Waals surface area contributed by atoms with Crippen LogP contribution in [-0.4, -0.2) is 20.1 Å². The van der Waals surface area contributed by atoms with Gasteiger partial charge >= 0.3 is 0 Å². The molecule has 5 nitrogen and oxygen atoms in total. The van der Waals surface area contributed by atoms with Gasteiger partial charge in [0.1, 0.15) is 23.9 Å². The summed E-state index contributed by atoms with van der Waals surface area (Å²) in [5.41, 5.74) is 2.90. The van der Waals surface area contributed by atoms with E-state index in [0.29, 0.717) is 27.8 Å². The number of amides is 1. The van der Waals surface area contributed by atoms with Crippen molar-refractivity contribution in [1.82, 2.24) is 0 Å². The second-order valence-electron chi connectivity index (χ2n) is 8.36. The number of carbonyl (C=O) groups excluding carboxylic acids is 1. The van der Waals surface area contributed by atoms with Crippen molar-refractivity contribution in [2.24, 2.45) is 0 Å². The Morgan fingerprint density at radius 2 is 1.59 bits per heavy atom. The van der Waals surface area contributed by atoms with Gasteiger partial charge in [-0.1, -0.05) is 50.6 Å². The van der Waals surface area contributed by atoms with Crippen LogP contribution in [0.25, 0.3) is 0 Å². The Labute approximate surface area is 194 Å². The number of hydrogen-bond donors (Lipinski definition) is 1. The quantitative estimate of drug-likeness (QED) is 0.444. The molecule has 0 radical (unpaired) electrons. The summed E-state index contributed by atoms with van der Waals surface area (Å²) in [6.07, 6.45) is 0. The van der Waals surface area contributed by atoms with Gasteiger partial charge in [0.05, 0.1) is 19.2 Å². The van der Waals surface area contributed by atoms with Crippen LogP contribution in [0, 0.1) is 0 Å². The third-order valence-corrected chi connectivity index (χ3v) is 5.33. The number of nitrogens with one attached hydrogen (secondary N) is 1. The molecule has 168 valence electrons. The summed E-state index contributed by atoms with van der Waals surface area (Å²) in [6, 6.07) is 18.3. The number of hydrogen-bond acceptors (Lipinski definition) is 4. The lowest BCUT2D eigenvalue weighted by atomic mass is 9.86. The minimum atomic E-state index is -0.259. The predicted octanol–water partition coefficient (Wildman–Crippen LogP) is 6.49. The van der Waals surface area contributed by atoms with Crippen LogP contribution in [0.3, 0.4) is 0 Å². The number of benzene rings is 3. The van der Waals surface area contributed by atoms with Gasteiger partial charge in [-0.05, 0) is 53.4 Å². The first-order valence-corrected chi connectivity index (χ1v) is 10.6. The van der Waals surface area contributed by atoms with Crippen molar-refractivity contribution in [3.05, 3.63) is 82.4 Å². The van der Waals surface area contributed by atoms with Crippen LogP contribution in [0.4, 0.5) is 5.69 Å². The van der Waals surface area contributed by atoms with Crippen LogP contribution in [0.1, 0.15) is 42.3 Å². The largest absolute Gasteiger partial charge is 0.496 e. The Balaban J connectivity index is 1.80. The molecule has 3 aromatic carbocycles. The fourth-order valence-electron chi connectivity index (χ4n) is 3.35. The lowest BCUT2D eigenvalue weighted by Crippen LogP contribution is -2.14. The Bertz CT molecular complexity index is 1110. The Morgan fingerprint density at radius 3 is 2.25 bits per heavy atom. The van der Waals surface area contributed by atoms with Gasteiger partial charge in [-0.15, -0.1) is 0 Å². The Morgan fingerprint density at radius 1 is 0.906 bits per heavy atom. The van der Waals surface area contributed by atoms with Gasteiger partial charge in [0.15, 0.2) is 0 Å². The van der Waals surface area contributed by atoms with Gasteiger partial charge in [-0.25, -0.2) is 0 Å². The second kappa shape index (κ2) is 9.96. The maximum absolute atomic E-state index is 12.8. The van der Waals surface area contributed by atoms with Crippen LogP contribution < -0.4 is 19.5 Å². The number of methoxy groups -OCH3 is 2. The zero-order valence-corrected chi connectivity index (χ0v) is 19.7. The van der Waals surface area contributed by atoms with Crippen molar-refractivity contribution < 1.29 is 19.0 Å². The maximum Gasteiger partial charge on any atom is 0.255 e. The number of ether oxygens (including phenoxy) is 3. The van der Waals surface area contributed by atoms with Crippen molar-refractivity contribution in [3.63, 3.8) is 0 Å². The fraction of sp³-hybridized carbons (Fsp3) is 0.269. The van der Waals surface area contributed by atoms with Crippen LogP contribution in [0.2, 0.25) is 5.02 Å². The molecule has 0 unspecified atom stereocenters. The van der Waals surface area contributed by atoms with Crippen molar-refractivity contribution in [3.8, 4) is 17.2 Å². The van der Waals surface area contributed by atoms with E-state index < -0.39 is 0 Å². The van der Waals surface area contributed by atoms with Gasteiger partial charge in [0.25, 0.3) is 5.91 Å². The van der Waals surface area contributed by atoms with E-state index in [1.54, 1.807) is 50.6 Å². The molecule has 32 heavy (non-hydrogen) atoms. The van der Waals surface area contributed by atoms with Gasteiger partial charge in [0.2, 0.25) is 0 Å². The van der Waals surface area contributed by atoms with E-state index in [-0.39, 0.29) is 17.9 Å². The van der Waals surface area contributed by atoms with Crippen molar-refractivity contribution in [1.29, 1.82) is 0 Å². The first kappa shape index (κ1) is 23.5. The lowest BCUT2D eigenvalue weighted by Gasteiger charge is -2.23. The number of para-hydroxylation sites is 1. The molecule has 0 aliphatic heterocycles. The van der Waals surface area contributed by atoms with E-state index >= 15 is 0 Å². The summed E-state index contributed by atoms with van der Waals surface area (Å²) < 4.78 is 16.8. The highest BCUT2D eigenvalue weighted by atomic mass is 35.5. The SMILES string of the molecule is COc1ccc(NC(=O)c2ccc(OC)c(COc3ccccc3C(C)(C)C)c2)cc1Cl. The summed E-state index contributed by atoms with van der Waals surface area (Å²) in [4.78, 5) is 12.8. The van der Waals surface area contributed by atoms with Crippen molar-refractivity contribution in [2.45, 2.75) is 32.8 Å². The van der Waals surface area contributed by atoms with E-state index in [1.807, 2.05) is 18.2 Å². The lowest BCUT2D eigenvalue weighted by molar-refractivity contribution is 0.102. The van der Waals surface area contributed by atoms with Crippen molar-refractivity contribution >= 4 is 23.2 Å². The Hall–Kier alpha value is -3.18. The van der Waals surface area contributed by atoms with E-state index in [0.717, 1.165) is 16.9 Å². The third kappa shape index (κ3) is 5.54. The number of rotatable bonds is 7. The van der Waals surface area contributed by atoms with E-state index in [1.165, 1.54) is 0 Å². The molecular formula is C26H28ClNO4. The zero-order valence-electron chi connectivity index (χ0n) is 19.0. The molecule has 0 aliphatic carbocycles. The second-order valence-corrected chi connectivity index (χ2v) is 8.77. The predicted molar refractivity (Wildman–Crippen MR) is 128 cm³/mol. The molecule has 0 atom stereocenters. The minimum absolute atomic E-state index is 0.0535. The molecule has 0 fully saturated rings. The standard InChI is InChI=1S/C26H28ClNO4/c1-26(2,3)20-8-6-7-9-23(20)32-16-18-14-17(10-12-22(18)30-4)25(29)28-19-11-13-24(31-5)21(27)15-19/h6-15H,16H2,1-5H3,(H,28,29). The van der Waals surface area contributed by atoms with Gasteiger partial charge < -0.3 is 19.5 Å². The number of carbonyl (C=O) groups is 1. The molecule has 0 bridgehead atoms. The first-order chi connectivity index (χ1) is 15.2. The average Bonchev–Trinajstić information content (AvgIpc) is 2.77. The van der Waals surface area contributed by atoms with E-state index in [9.17, 15) is 4.79 Å². The van der Waals surface area contributed by atoms with Gasteiger partial charge in [-0.3, -0.25) is 4.79 Å². The smallest absolute Gasteiger partial charge is 0.255 e. The van der Waals surface area contributed by atoms with Crippen LogP contribution in [0.15, 0.2) is 60.7 Å². The highest BCUT2D eigenvalue weighted by Crippen LogP contribution is 2.32. The van der Waals surface area contributed by atoms with Crippen LogP contribution in [0.5, 0.6) is 17.2 Å². The van der Waals surface area contributed by atoms with Crippen LogP contribution >= 0.6 is 11.6 Å². The molecule has 0 saturated heterocycles. The molecule has 0 saturated carbocycles. The molecule has 6 heteroatoms. The zero-order chi connectivity index (χ0) is 23.3. The molecule has 0 heterocycles. The van der Waals surface area contributed by atoms with Gasteiger partial charge in [0, 0.05) is 16.8 Å². The molecule has 1 amide bonds. The minimum Gasteiger partial charge on any atom is -0.496 e. The first-order valence-electron chi connectivity index (χ1n) is 10.3. The number of halogens is 1. The summed E-state index contributed by atoms with van der Waals surface area (Å²) >= 11 is 6.16. The molecule has 3 rings (SSSR count). The summed E-state index contributed by atoms with van der Waals surface area (Å²) in [5.74, 6) is 1.75. The summed E-state index contributed by atoms with van der Waals surface area (Å²) in [7, 11) is 3.14. The molecular weight excluding hydrogens is 426 g/mol. The molecule has 3 aromatic rings. The maximum atomic E-state index is 12.8. The summed E-state index contributed by atoms with van der Waals surface area (Å²) in [5, 5.41) is 3.28. The highest BCUT2D eigenvalue weighted by Gasteiger charge is 2.19. The molecule has 0 aliphatic rings. The van der Waals surface area contributed by atoms with Gasteiger partial charge in [-0.2, -0.15) is 0 Å². The molecule has 0 aromatic heterocycles. The third-order valence-electron chi connectivity index (χ3n) is 5.03. The van der Waals surface area contributed by atoms with Crippen LogP contribution in [-0.2, 0) is 12.0 Å². The van der Waals surface area contributed by atoms with Crippen molar-refractivity contribution in [2.75, 3.05) is 19.5 Å². The fourth-order valence-corrected chi connectivity index (χ4v) is 3.61. The normalized spacial score (nSPS) is 11.1. The highest BCUT2D eigenvalue weighted by molar-refractivity contribution is 6.32. The van der Waals surface area contributed by atoms with E-state index in [2.05, 4.69) is 32.2 Å². The topological polar surface area (TPSA) is 56.8 Å². The molecule has 0 spiro atoms. The summed E-state index contributed by atoms with van der Waals surface area (Å²) in [6.45, 7) is 6.70. The molecule has 1 N–H and O–H groups in total. The monoisotopic (exact) mass is 453 g/mol. The van der Waals surface area contributed by atoms with E-state index in [4.69, 9.17) is 25.8 Å². The Kier molecular flexibility index (Phi) is 7.31.